The first-order valence-corrected chi connectivity index (χ1v) is 10.9. The van der Waals surface area contributed by atoms with Crippen molar-refractivity contribution in [3.63, 3.8) is 0 Å². The minimum atomic E-state index is -0.394. The third-order valence-corrected chi connectivity index (χ3v) is 6.36. The van der Waals surface area contributed by atoms with E-state index in [-0.39, 0.29) is 0 Å². The molecule has 0 aromatic heterocycles. The topological polar surface area (TPSA) is 46.6 Å². The van der Waals surface area contributed by atoms with Gasteiger partial charge in [0.2, 0.25) is 0 Å². The molecule has 0 saturated heterocycles. The van der Waals surface area contributed by atoms with Crippen LogP contribution < -0.4 is 9.64 Å². The van der Waals surface area contributed by atoms with Gasteiger partial charge in [-0.3, -0.25) is 9.59 Å². The molecule has 3 aromatic carbocycles. The number of carbonyl (C=O) groups is 2. The van der Waals surface area contributed by atoms with Crippen LogP contribution >= 0.6 is 23.4 Å². The molecule has 0 radical (unpaired) electrons. The Morgan fingerprint density at radius 3 is 2.32 bits per heavy atom. The van der Waals surface area contributed by atoms with E-state index in [1.54, 1.807) is 18.2 Å². The SMILES string of the molecule is COc1ccc(Cl)cc1N1C(=O)C(Sc2ccccc2)=C(c2ccc(C)cc2C)C1=O. The molecule has 0 aliphatic carbocycles. The zero-order valence-electron chi connectivity index (χ0n) is 17.3. The minimum Gasteiger partial charge on any atom is -0.495 e. The van der Waals surface area contributed by atoms with Crippen molar-refractivity contribution in [2.75, 3.05) is 12.0 Å². The maximum Gasteiger partial charge on any atom is 0.273 e. The van der Waals surface area contributed by atoms with Crippen LogP contribution in [0.1, 0.15) is 16.7 Å². The molecule has 1 aliphatic rings. The predicted octanol–water partition coefficient (Wildman–Crippen LogP) is 6.04. The van der Waals surface area contributed by atoms with Gasteiger partial charge in [-0.15, -0.1) is 0 Å². The summed E-state index contributed by atoms with van der Waals surface area (Å²) < 4.78 is 5.41. The highest BCUT2D eigenvalue weighted by Gasteiger charge is 2.42. The number of benzene rings is 3. The third kappa shape index (κ3) is 3.99. The molecule has 6 heteroatoms. The van der Waals surface area contributed by atoms with E-state index in [0.29, 0.717) is 26.9 Å². The fourth-order valence-corrected chi connectivity index (χ4v) is 4.77. The molecule has 4 rings (SSSR count). The number of aryl methyl sites for hydroxylation is 2. The van der Waals surface area contributed by atoms with Gasteiger partial charge in [0.15, 0.2) is 0 Å². The van der Waals surface area contributed by atoms with Crippen molar-refractivity contribution < 1.29 is 14.3 Å². The fraction of sp³-hybridized carbons (Fsp3) is 0.120. The molecule has 4 nitrogen and oxygen atoms in total. The van der Waals surface area contributed by atoms with E-state index in [2.05, 4.69) is 0 Å². The smallest absolute Gasteiger partial charge is 0.273 e. The van der Waals surface area contributed by atoms with Crippen molar-refractivity contribution in [3.05, 3.63) is 93.3 Å². The molecule has 1 aliphatic heterocycles. The van der Waals surface area contributed by atoms with Crippen molar-refractivity contribution in [3.8, 4) is 5.75 Å². The lowest BCUT2D eigenvalue weighted by Gasteiger charge is -2.18. The van der Waals surface area contributed by atoms with E-state index in [4.69, 9.17) is 16.3 Å². The largest absolute Gasteiger partial charge is 0.495 e. The molecule has 0 unspecified atom stereocenters. The summed E-state index contributed by atoms with van der Waals surface area (Å²) in [6, 6.07) is 20.3. The second-order valence-electron chi connectivity index (χ2n) is 7.20. The summed E-state index contributed by atoms with van der Waals surface area (Å²) in [7, 11) is 1.50. The third-order valence-electron chi connectivity index (χ3n) is 5.04. The van der Waals surface area contributed by atoms with Crippen LogP contribution in [0.3, 0.4) is 0 Å². The minimum absolute atomic E-state index is 0.330. The standard InChI is InChI=1S/C25H20ClNO3S/c1-15-9-11-19(16(2)13-15)22-23(31-18-7-5-4-6-8-18)25(29)27(24(22)28)20-14-17(26)10-12-21(20)30-3/h4-14H,1-3H3. The number of carbonyl (C=O) groups excluding carboxylic acids is 2. The van der Waals surface area contributed by atoms with Gasteiger partial charge in [-0.2, -0.15) is 0 Å². The average Bonchev–Trinajstić information content (AvgIpc) is 2.98. The molecule has 0 bridgehead atoms. The van der Waals surface area contributed by atoms with Crippen LogP contribution in [-0.4, -0.2) is 18.9 Å². The van der Waals surface area contributed by atoms with E-state index in [1.165, 1.54) is 18.9 Å². The summed E-state index contributed by atoms with van der Waals surface area (Å²) in [6.45, 7) is 3.94. The van der Waals surface area contributed by atoms with E-state index in [0.717, 1.165) is 26.5 Å². The highest BCUT2D eigenvalue weighted by atomic mass is 35.5. The van der Waals surface area contributed by atoms with Crippen LogP contribution in [0, 0.1) is 13.8 Å². The number of amides is 2. The quantitative estimate of drug-likeness (QED) is 0.445. The van der Waals surface area contributed by atoms with Crippen molar-refractivity contribution in [2.24, 2.45) is 0 Å². The van der Waals surface area contributed by atoms with Gasteiger partial charge in [0.05, 0.1) is 23.3 Å². The highest BCUT2D eigenvalue weighted by molar-refractivity contribution is 8.04. The molecular weight excluding hydrogens is 430 g/mol. The number of methoxy groups -OCH3 is 1. The van der Waals surface area contributed by atoms with E-state index in [1.807, 2.05) is 62.4 Å². The van der Waals surface area contributed by atoms with Gasteiger partial charge in [-0.05, 0) is 55.3 Å². The monoisotopic (exact) mass is 449 g/mol. The van der Waals surface area contributed by atoms with Crippen LogP contribution in [0.2, 0.25) is 5.02 Å². The van der Waals surface area contributed by atoms with Crippen LogP contribution in [-0.2, 0) is 9.59 Å². The zero-order valence-corrected chi connectivity index (χ0v) is 18.9. The Kier molecular flexibility index (Phi) is 5.90. The lowest BCUT2D eigenvalue weighted by molar-refractivity contribution is -0.119. The van der Waals surface area contributed by atoms with Gasteiger partial charge in [-0.1, -0.05) is 65.3 Å². The number of rotatable bonds is 5. The van der Waals surface area contributed by atoms with E-state index < -0.39 is 11.8 Å². The van der Waals surface area contributed by atoms with Crippen molar-refractivity contribution in [2.45, 2.75) is 18.7 Å². The maximum absolute atomic E-state index is 13.7. The summed E-state index contributed by atoms with van der Waals surface area (Å²) in [6.07, 6.45) is 0. The maximum atomic E-state index is 13.7. The zero-order chi connectivity index (χ0) is 22.1. The number of thioether (sulfide) groups is 1. The lowest BCUT2D eigenvalue weighted by Crippen LogP contribution is -2.31. The molecular formula is C25H20ClNO3S. The Morgan fingerprint density at radius 2 is 1.65 bits per heavy atom. The Labute approximate surface area is 190 Å². The van der Waals surface area contributed by atoms with Gasteiger partial charge in [-0.25, -0.2) is 4.90 Å². The van der Waals surface area contributed by atoms with Gasteiger partial charge >= 0.3 is 0 Å². The van der Waals surface area contributed by atoms with E-state index in [9.17, 15) is 9.59 Å². The van der Waals surface area contributed by atoms with Gasteiger partial charge in [0.25, 0.3) is 11.8 Å². The van der Waals surface area contributed by atoms with Crippen molar-refractivity contribution in [1.29, 1.82) is 0 Å². The number of hydrogen-bond acceptors (Lipinski definition) is 4. The molecule has 0 N–H and O–H groups in total. The molecule has 0 spiro atoms. The summed E-state index contributed by atoms with van der Waals surface area (Å²) in [5, 5.41) is 0.411. The lowest BCUT2D eigenvalue weighted by atomic mass is 9.98. The first-order chi connectivity index (χ1) is 14.9. The Morgan fingerprint density at radius 1 is 0.903 bits per heavy atom. The highest BCUT2D eigenvalue weighted by Crippen LogP contribution is 2.44. The van der Waals surface area contributed by atoms with Crippen LogP contribution in [0.25, 0.3) is 5.57 Å². The van der Waals surface area contributed by atoms with Crippen molar-refractivity contribution in [1.82, 2.24) is 0 Å². The second kappa shape index (κ2) is 8.61. The first-order valence-electron chi connectivity index (χ1n) is 9.68. The normalized spacial score (nSPS) is 13.9. The average molecular weight is 450 g/mol. The van der Waals surface area contributed by atoms with Gasteiger partial charge in [0, 0.05) is 9.92 Å². The fourth-order valence-electron chi connectivity index (χ4n) is 3.60. The number of anilines is 1. The number of nitrogens with zero attached hydrogens (tertiary/aromatic N) is 1. The molecule has 2 amide bonds. The predicted molar refractivity (Wildman–Crippen MR) is 126 cm³/mol. The molecule has 3 aromatic rings. The Bertz CT molecular complexity index is 1220. The number of hydrogen-bond donors (Lipinski definition) is 0. The Hall–Kier alpha value is -3.02. The molecule has 1 heterocycles. The summed E-state index contributed by atoms with van der Waals surface area (Å²) in [5.41, 5.74) is 3.48. The summed E-state index contributed by atoms with van der Waals surface area (Å²) in [4.78, 5) is 29.7. The molecule has 0 saturated carbocycles. The molecule has 0 fully saturated rings. The Balaban J connectivity index is 1.89. The van der Waals surface area contributed by atoms with Crippen molar-refractivity contribution >= 4 is 46.4 Å². The molecule has 0 atom stereocenters. The first kappa shape index (κ1) is 21.2. The molecule has 31 heavy (non-hydrogen) atoms. The van der Waals surface area contributed by atoms with Crippen LogP contribution in [0.5, 0.6) is 5.75 Å². The molecule has 156 valence electrons. The number of halogens is 1. The van der Waals surface area contributed by atoms with Gasteiger partial charge < -0.3 is 4.74 Å². The number of imide groups is 1. The second-order valence-corrected chi connectivity index (χ2v) is 8.72. The van der Waals surface area contributed by atoms with Crippen LogP contribution in [0.4, 0.5) is 5.69 Å². The number of ether oxygens (including phenoxy) is 1. The van der Waals surface area contributed by atoms with E-state index >= 15 is 0 Å². The van der Waals surface area contributed by atoms with Crippen LogP contribution in [0.15, 0.2) is 76.5 Å². The van der Waals surface area contributed by atoms with Gasteiger partial charge in [0.1, 0.15) is 5.75 Å². The summed E-state index contributed by atoms with van der Waals surface area (Å²) in [5.74, 6) is -0.387. The summed E-state index contributed by atoms with van der Waals surface area (Å²) >= 11 is 7.47.